The Balaban J connectivity index is 1.71. The summed E-state index contributed by atoms with van der Waals surface area (Å²) in [4.78, 5) is 34.6. The molecule has 0 radical (unpaired) electrons. The number of carbonyl (C=O) groups excluding carboxylic acids is 1. The van der Waals surface area contributed by atoms with Crippen LogP contribution in [0.3, 0.4) is 0 Å². The van der Waals surface area contributed by atoms with E-state index in [1.807, 2.05) is 50.2 Å². The number of esters is 1. The minimum absolute atomic E-state index is 0.0931. The Bertz CT molecular complexity index is 1390. The van der Waals surface area contributed by atoms with E-state index in [4.69, 9.17) is 9.47 Å². The molecule has 1 atom stereocenters. The van der Waals surface area contributed by atoms with Gasteiger partial charge in [-0.1, -0.05) is 13.0 Å². The van der Waals surface area contributed by atoms with E-state index in [1.165, 1.54) is 4.68 Å². The summed E-state index contributed by atoms with van der Waals surface area (Å²) < 4.78 is 12.2. The molecule has 194 valence electrons. The molecule has 0 saturated heterocycles. The molecule has 0 unspecified atom stereocenters. The lowest BCUT2D eigenvalue weighted by atomic mass is 10.1. The van der Waals surface area contributed by atoms with Gasteiger partial charge in [-0.05, 0) is 66.6 Å². The molecule has 4 rings (SSSR count). The second-order valence-electron chi connectivity index (χ2n) is 8.50. The Morgan fingerprint density at radius 3 is 2.73 bits per heavy atom. The second kappa shape index (κ2) is 12.2. The third kappa shape index (κ3) is 6.36. The summed E-state index contributed by atoms with van der Waals surface area (Å²) in [6.07, 6.45) is 4.15. The highest BCUT2D eigenvalue weighted by molar-refractivity contribution is 5.80. The summed E-state index contributed by atoms with van der Waals surface area (Å²) in [7, 11) is 0. The van der Waals surface area contributed by atoms with Crippen molar-refractivity contribution in [1.29, 1.82) is 0 Å². The van der Waals surface area contributed by atoms with Crippen LogP contribution in [0.2, 0.25) is 0 Å². The first-order valence-electron chi connectivity index (χ1n) is 12.4. The molecular weight excluding hydrogens is 474 g/mol. The van der Waals surface area contributed by atoms with Gasteiger partial charge >= 0.3 is 5.97 Å². The molecule has 0 fully saturated rings. The van der Waals surface area contributed by atoms with Crippen LogP contribution in [0.1, 0.15) is 50.2 Å². The van der Waals surface area contributed by atoms with E-state index in [-0.39, 0.29) is 24.8 Å². The third-order valence-electron chi connectivity index (χ3n) is 5.95. The van der Waals surface area contributed by atoms with Crippen LogP contribution in [-0.2, 0) is 29.2 Å². The van der Waals surface area contributed by atoms with Gasteiger partial charge in [0, 0.05) is 41.9 Å². The summed E-state index contributed by atoms with van der Waals surface area (Å²) in [6, 6.07) is 11.1. The molecule has 0 aliphatic carbocycles. The maximum absolute atomic E-state index is 13.1. The number of nitrogens with zero attached hydrogens (tertiary/aromatic N) is 6. The van der Waals surface area contributed by atoms with Gasteiger partial charge in [0.1, 0.15) is 12.3 Å². The van der Waals surface area contributed by atoms with Crippen LogP contribution in [0.5, 0.6) is 5.75 Å². The standard InChI is InChI=1S/C26H31N7O4/c1-4-23(25-29-30-31-33(25)17-24(34)37-6-3)32(15-18-8-7-11-27-14-18)16-20-12-19-13-21(36-5-2)9-10-22(19)28-26(20)35/h7-14,23H,4-6,15-17H2,1-3H3,(H,28,35)/t23-/m1/s1. The fourth-order valence-electron chi connectivity index (χ4n) is 4.32. The lowest BCUT2D eigenvalue weighted by Gasteiger charge is -2.30. The molecule has 11 heteroatoms. The van der Waals surface area contributed by atoms with Gasteiger partial charge in [-0.15, -0.1) is 5.10 Å². The SMILES string of the molecule is CCOC(=O)Cn1nnnc1[C@@H](CC)N(Cc1cccnc1)Cc1cc2cc(OCC)ccc2[nH]c1=O. The molecule has 4 aromatic rings. The second-order valence-corrected chi connectivity index (χ2v) is 8.50. The van der Waals surface area contributed by atoms with Crippen molar-refractivity contribution in [3.05, 3.63) is 76.1 Å². The van der Waals surface area contributed by atoms with Gasteiger partial charge in [-0.25, -0.2) is 4.68 Å². The zero-order valence-electron chi connectivity index (χ0n) is 21.3. The number of carbonyl (C=O) groups is 1. The quantitative estimate of drug-likeness (QED) is 0.289. The highest BCUT2D eigenvalue weighted by Crippen LogP contribution is 2.27. The Morgan fingerprint density at radius 1 is 1.14 bits per heavy atom. The summed E-state index contributed by atoms with van der Waals surface area (Å²) in [5.41, 5.74) is 2.13. The Hall–Kier alpha value is -4.12. The molecule has 11 nitrogen and oxygen atoms in total. The summed E-state index contributed by atoms with van der Waals surface area (Å²) >= 11 is 0. The molecule has 3 heterocycles. The molecule has 0 amide bonds. The monoisotopic (exact) mass is 505 g/mol. The van der Waals surface area contributed by atoms with Crippen molar-refractivity contribution < 1.29 is 14.3 Å². The number of ether oxygens (including phenoxy) is 2. The van der Waals surface area contributed by atoms with Crippen molar-refractivity contribution in [2.24, 2.45) is 0 Å². The molecule has 1 aromatic carbocycles. The number of aromatic nitrogens is 6. The average molecular weight is 506 g/mol. The normalized spacial score (nSPS) is 12.1. The van der Waals surface area contributed by atoms with Crippen LogP contribution in [0.15, 0.2) is 53.6 Å². The fourth-order valence-corrected chi connectivity index (χ4v) is 4.32. The molecule has 3 aromatic heterocycles. The van der Waals surface area contributed by atoms with E-state index in [2.05, 4.69) is 30.4 Å². The topological polar surface area (TPSA) is 128 Å². The van der Waals surface area contributed by atoms with Crippen molar-refractivity contribution in [2.45, 2.75) is 52.9 Å². The fraction of sp³-hybridized carbons (Fsp3) is 0.385. The Kier molecular flexibility index (Phi) is 8.57. The number of tetrazole rings is 1. The van der Waals surface area contributed by atoms with Crippen molar-refractivity contribution >= 4 is 16.9 Å². The molecule has 0 aliphatic rings. The largest absolute Gasteiger partial charge is 0.494 e. The highest BCUT2D eigenvalue weighted by atomic mass is 16.5. The lowest BCUT2D eigenvalue weighted by molar-refractivity contribution is -0.144. The number of aromatic amines is 1. The number of hydrogen-bond donors (Lipinski definition) is 1. The number of H-pyrrole nitrogens is 1. The molecule has 37 heavy (non-hydrogen) atoms. The average Bonchev–Trinajstić information content (AvgIpc) is 3.33. The van der Waals surface area contributed by atoms with E-state index in [9.17, 15) is 9.59 Å². The molecular formula is C26H31N7O4. The van der Waals surface area contributed by atoms with Crippen LogP contribution in [0.4, 0.5) is 0 Å². The zero-order valence-corrected chi connectivity index (χ0v) is 21.3. The smallest absolute Gasteiger partial charge is 0.327 e. The maximum Gasteiger partial charge on any atom is 0.327 e. The Labute approximate surface area is 214 Å². The first-order valence-corrected chi connectivity index (χ1v) is 12.4. The van der Waals surface area contributed by atoms with Gasteiger partial charge in [-0.2, -0.15) is 0 Å². The predicted molar refractivity (Wildman–Crippen MR) is 137 cm³/mol. The van der Waals surface area contributed by atoms with Gasteiger partial charge in [0.25, 0.3) is 5.56 Å². The molecule has 0 saturated carbocycles. The first kappa shape index (κ1) is 26.0. The van der Waals surface area contributed by atoms with Crippen LogP contribution in [0, 0.1) is 0 Å². The van der Waals surface area contributed by atoms with Gasteiger partial charge in [0.05, 0.1) is 19.3 Å². The van der Waals surface area contributed by atoms with Crippen molar-refractivity contribution in [3.63, 3.8) is 0 Å². The van der Waals surface area contributed by atoms with E-state index >= 15 is 0 Å². The number of benzene rings is 1. The van der Waals surface area contributed by atoms with E-state index < -0.39 is 5.97 Å². The van der Waals surface area contributed by atoms with E-state index in [0.29, 0.717) is 37.5 Å². The minimum Gasteiger partial charge on any atom is -0.494 e. The predicted octanol–water partition coefficient (Wildman–Crippen LogP) is 3.02. The molecule has 0 aliphatic heterocycles. The summed E-state index contributed by atoms with van der Waals surface area (Å²) in [5, 5.41) is 13.0. The van der Waals surface area contributed by atoms with Gasteiger partial charge in [0.15, 0.2) is 5.82 Å². The number of rotatable bonds is 12. The van der Waals surface area contributed by atoms with Gasteiger partial charge < -0.3 is 14.5 Å². The Morgan fingerprint density at radius 2 is 2.00 bits per heavy atom. The molecule has 0 bridgehead atoms. The summed E-state index contributed by atoms with van der Waals surface area (Å²) in [5.74, 6) is 0.848. The maximum atomic E-state index is 13.1. The minimum atomic E-state index is -0.416. The zero-order chi connectivity index (χ0) is 26.2. The van der Waals surface area contributed by atoms with Crippen LogP contribution in [0.25, 0.3) is 10.9 Å². The van der Waals surface area contributed by atoms with E-state index in [0.717, 1.165) is 22.2 Å². The number of nitrogens with one attached hydrogen (secondary N) is 1. The van der Waals surface area contributed by atoms with Crippen molar-refractivity contribution in [2.75, 3.05) is 13.2 Å². The van der Waals surface area contributed by atoms with Crippen LogP contribution >= 0.6 is 0 Å². The lowest BCUT2D eigenvalue weighted by Crippen LogP contribution is -2.33. The highest BCUT2D eigenvalue weighted by Gasteiger charge is 2.27. The third-order valence-corrected chi connectivity index (χ3v) is 5.95. The first-order chi connectivity index (χ1) is 18.0. The number of hydrogen-bond acceptors (Lipinski definition) is 9. The number of pyridine rings is 2. The molecule has 0 spiro atoms. The van der Waals surface area contributed by atoms with Crippen LogP contribution in [-0.4, -0.2) is 54.3 Å². The van der Waals surface area contributed by atoms with Gasteiger partial charge in [0.2, 0.25) is 0 Å². The van der Waals surface area contributed by atoms with Gasteiger partial charge in [-0.3, -0.25) is 19.5 Å². The van der Waals surface area contributed by atoms with Crippen molar-refractivity contribution in [3.8, 4) is 5.75 Å². The van der Waals surface area contributed by atoms with E-state index in [1.54, 1.807) is 19.3 Å². The van der Waals surface area contributed by atoms with Crippen LogP contribution < -0.4 is 10.3 Å². The summed E-state index contributed by atoms with van der Waals surface area (Å²) in [6.45, 7) is 7.25. The number of fused-ring (bicyclic) bond motifs is 1. The molecule has 1 N–H and O–H groups in total. The van der Waals surface area contributed by atoms with Crippen molar-refractivity contribution in [1.82, 2.24) is 35.1 Å².